The van der Waals surface area contributed by atoms with Gasteiger partial charge in [0.1, 0.15) is 23.5 Å². The van der Waals surface area contributed by atoms with Gasteiger partial charge in [0.05, 0.1) is 17.1 Å². The van der Waals surface area contributed by atoms with Gasteiger partial charge in [-0.25, -0.2) is 17.2 Å². The highest BCUT2D eigenvalue weighted by molar-refractivity contribution is 7.92. The molecule has 0 fully saturated rings. The lowest BCUT2D eigenvalue weighted by molar-refractivity contribution is -0.120. The van der Waals surface area contributed by atoms with Crippen molar-refractivity contribution < 1.29 is 26.7 Å². The van der Waals surface area contributed by atoms with E-state index in [0.717, 1.165) is 23.8 Å². The molecule has 4 rings (SSSR count). The lowest BCUT2D eigenvalue weighted by Crippen LogP contribution is -2.50. The SMILES string of the molecule is CC(=O)NC(C)(C)C[C@@H]1CN(S(=O)(=O)c2cccc(C)c2)c2cc(-c3cc(F)ccc3F)ccc2O1. The van der Waals surface area contributed by atoms with E-state index in [9.17, 15) is 22.0 Å². The van der Waals surface area contributed by atoms with Crippen molar-refractivity contribution in [3.63, 3.8) is 0 Å². The number of sulfonamides is 1. The Balaban J connectivity index is 1.81. The van der Waals surface area contributed by atoms with Crippen molar-refractivity contribution in [3.8, 4) is 16.9 Å². The standard InChI is InChI=1S/C27H28F2N2O4S/c1-17-6-5-7-22(12-17)36(33,34)31-16-21(15-27(3,4)30-18(2)32)35-26-11-8-19(13-25(26)31)23-14-20(28)9-10-24(23)29/h5-14,21H,15-16H2,1-4H3,(H,30,32)/t21-/m1/s1. The average molecular weight is 515 g/mol. The first kappa shape index (κ1) is 25.6. The molecule has 0 aliphatic carbocycles. The topological polar surface area (TPSA) is 75.7 Å². The molecule has 0 bridgehead atoms. The lowest BCUT2D eigenvalue weighted by Gasteiger charge is -2.39. The van der Waals surface area contributed by atoms with Crippen LogP contribution in [-0.2, 0) is 14.8 Å². The van der Waals surface area contributed by atoms with Crippen LogP contribution in [0.2, 0.25) is 0 Å². The molecule has 1 amide bonds. The summed E-state index contributed by atoms with van der Waals surface area (Å²) in [5.74, 6) is -1.15. The molecule has 0 unspecified atom stereocenters. The third-order valence-electron chi connectivity index (χ3n) is 5.96. The highest BCUT2D eigenvalue weighted by atomic mass is 32.2. The summed E-state index contributed by atoms with van der Waals surface area (Å²) >= 11 is 0. The minimum atomic E-state index is -4.03. The Morgan fingerprint density at radius 3 is 2.56 bits per heavy atom. The third kappa shape index (κ3) is 5.36. The minimum Gasteiger partial charge on any atom is -0.486 e. The quantitative estimate of drug-likeness (QED) is 0.491. The largest absolute Gasteiger partial charge is 0.486 e. The van der Waals surface area contributed by atoms with Crippen LogP contribution in [-0.4, -0.2) is 32.5 Å². The predicted molar refractivity (Wildman–Crippen MR) is 134 cm³/mol. The molecule has 6 nitrogen and oxygen atoms in total. The van der Waals surface area contributed by atoms with Crippen molar-refractivity contribution in [1.29, 1.82) is 0 Å². The van der Waals surface area contributed by atoms with Gasteiger partial charge in [0, 0.05) is 24.4 Å². The molecule has 1 aliphatic heterocycles. The number of hydrogen-bond acceptors (Lipinski definition) is 4. The molecule has 3 aromatic rings. The van der Waals surface area contributed by atoms with Crippen LogP contribution in [0, 0.1) is 18.6 Å². The first-order valence-electron chi connectivity index (χ1n) is 11.5. The van der Waals surface area contributed by atoms with Crippen LogP contribution in [0.25, 0.3) is 11.1 Å². The number of halogens is 2. The predicted octanol–water partition coefficient (Wildman–Crippen LogP) is 5.20. The van der Waals surface area contributed by atoms with Gasteiger partial charge < -0.3 is 10.1 Å². The normalized spacial score (nSPS) is 15.7. The maximum Gasteiger partial charge on any atom is 0.264 e. The summed E-state index contributed by atoms with van der Waals surface area (Å²) in [7, 11) is -4.03. The number of ether oxygens (including phenoxy) is 1. The van der Waals surface area contributed by atoms with E-state index < -0.39 is 33.3 Å². The van der Waals surface area contributed by atoms with Crippen molar-refractivity contribution in [3.05, 3.63) is 77.9 Å². The molecule has 1 aliphatic rings. The fourth-order valence-corrected chi connectivity index (χ4v) is 6.14. The van der Waals surface area contributed by atoms with Crippen molar-refractivity contribution in [2.24, 2.45) is 0 Å². The van der Waals surface area contributed by atoms with E-state index in [1.807, 2.05) is 13.8 Å². The van der Waals surface area contributed by atoms with Gasteiger partial charge in [-0.3, -0.25) is 9.10 Å². The number of fused-ring (bicyclic) bond motifs is 1. The van der Waals surface area contributed by atoms with Crippen molar-refractivity contribution in [2.45, 2.75) is 50.7 Å². The van der Waals surface area contributed by atoms with Crippen LogP contribution in [0.3, 0.4) is 0 Å². The van der Waals surface area contributed by atoms with Gasteiger partial charge >= 0.3 is 0 Å². The summed E-state index contributed by atoms with van der Waals surface area (Å²) in [4.78, 5) is 11.8. The zero-order chi connectivity index (χ0) is 26.3. The Hall–Kier alpha value is -3.46. The fraction of sp³-hybridized carbons (Fsp3) is 0.296. The number of benzene rings is 3. The number of carbonyl (C=O) groups excluding carboxylic acids is 1. The van der Waals surface area contributed by atoms with Gasteiger partial charge in [0.2, 0.25) is 5.91 Å². The molecule has 0 spiro atoms. The second kappa shape index (κ2) is 9.54. The van der Waals surface area contributed by atoms with Gasteiger partial charge in [-0.1, -0.05) is 18.2 Å². The van der Waals surface area contributed by atoms with E-state index in [-0.39, 0.29) is 28.6 Å². The maximum absolute atomic E-state index is 14.5. The first-order valence-corrected chi connectivity index (χ1v) is 12.9. The van der Waals surface area contributed by atoms with Crippen molar-refractivity contribution in [1.82, 2.24) is 5.32 Å². The van der Waals surface area contributed by atoms with E-state index in [4.69, 9.17) is 4.74 Å². The third-order valence-corrected chi connectivity index (χ3v) is 7.74. The van der Waals surface area contributed by atoms with Gasteiger partial charge in [-0.05, 0) is 74.4 Å². The number of hydrogen-bond donors (Lipinski definition) is 1. The second-order valence-electron chi connectivity index (χ2n) is 9.67. The number of rotatable bonds is 6. The van der Waals surface area contributed by atoms with Gasteiger partial charge in [-0.2, -0.15) is 0 Å². The molecular weight excluding hydrogens is 486 g/mol. The molecule has 9 heteroatoms. The van der Waals surface area contributed by atoms with Crippen LogP contribution < -0.4 is 14.4 Å². The molecule has 190 valence electrons. The lowest BCUT2D eigenvalue weighted by atomic mass is 9.95. The summed E-state index contributed by atoms with van der Waals surface area (Å²) in [6.07, 6.45) is -0.234. The zero-order valence-corrected chi connectivity index (χ0v) is 21.3. The first-order chi connectivity index (χ1) is 16.9. The van der Waals surface area contributed by atoms with E-state index in [1.54, 1.807) is 37.3 Å². The molecular formula is C27H28F2N2O4S. The summed E-state index contributed by atoms with van der Waals surface area (Å²) in [6, 6.07) is 14.3. The van der Waals surface area contributed by atoms with Gasteiger partial charge in [0.15, 0.2) is 0 Å². The number of aryl methyl sites for hydroxylation is 1. The van der Waals surface area contributed by atoms with Crippen LogP contribution in [0.4, 0.5) is 14.5 Å². The van der Waals surface area contributed by atoms with Crippen LogP contribution in [0.15, 0.2) is 65.6 Å². The Bertz CT molecular complexity index is 1420. The van der Waals surface area contributed by atoms with E-state index in [1.165, 1.54) is 23.4 Å². The van der Waals surface area contributed by atoms with E-state index in [2.05, 4.69) is 5.32 Å². The molecule has 0 saturated heterocycles. The molecule has 1 atom stereocenters. The van der Waals surface area contributed by atoms with Gasteiger partial charge in [-0.15, -0.1) is 0 Å². The Labute approximate surface area is 210 Å². The average Bonchev–Trinajstić information content (AvgIpc) is 2.78. The fourth-order valence-electron chi connectivity index (χ4n) is 4.53. The highest BCUT2D eigenvalue weighted by Gasteiger charge is 2.37. The summed E-state index contributed by atoms with van der Waals surface area (Å²) in [6.45, 7) is 6.86. The van der Waals surface area contributed by atoms with Crippen LogP contribution in [0.5, 0.6) is 5.75 Å². The summed E-state index contributed by atoms with van der Waals surface area (Å²) in [5.41, 5.74) is 0.683. The Kier molecular flexibility index (Phi) is 6.79. The molecule has 1 N–H and O–H groups in total. The molecule has 36 heavy (non-hydrogen) atoms. The van der Waals surface area contributed by atoms with Crippen LogP contribution >= 0.6 is 0 Å². The molecule has 3 aromatic carbocycles. The Morgan fingerprint density at radius 1 is 1.11 bits per heavy atom. The monoisotopic (exact) mass is 514 g/mol. The van der Waals surface area contributed by atoms with E-state index >= 15 is 0 Å². The molecule has 0 saturated carbocycles. The van der Waals surface area contributed by atoms with Gasteiger partial charge in [0.25, 0.3) is 10.0 Å². The summed E-state index contributed by atoms with van der Waals surface area (Å²) in [5, 5.41) is 2.86. The number of nitrogens with one attached hydrogen (secondary N) is 1. The second-order valence-corrected chi connectivity index (χ2v) is 11.5. The number of carbonyl (C=O) groups is 1. The Morgan fingerprint density at radius 2 is 1.86 bits per heavy atom. The highest BCUT2D eigenvalue weighted by Crippen LogP contribution is 2.41. The molecule has 0 aromatic heterocycles. The van der Waals surface area contributed by atoms with Crippen molar-refractivity contribution >= 4 is 21.6 Å². The number of amides is 1. The molecule has 0 radical (unpaired) electrons. The smallest absolute Gasteiger partial charge is 0.264 e. The zero-order valence-electron chi connectivity index (χ0n) is 20.5. The minimum absolute atomic E-state index is 0.0135. The molecule has 1 heterocycles. The summed E-state index contributed by atoms with van der Waals surface area (Å²) < 4.78 is 63.4. The van der Waals surface area contributed by atoms with Crippen LogP contribution in [0.1, 0.15) is 32.8 Å². The number of nitrogens with zero attached hydrogens (tertiary/aromatic N) is 1. The van der Waals surface area contributed by atoms with Crippen molar-refractivity contribution in [2.75, 3.05) is 10.8 Å². The number of anilines is 1. The van der Waals surface area contributed by atoms with E-state index in [0.29, 0.717) is 17.7 Å². The maximum atomic E-state index is 14.5.